The molecule has 0 bridgehead atoms. The Kier molecular flexibility index (Phi) is 5.03. The zero-order chi connectivity index (χ0) is 14.1. The van der Waals surface area contributed by atoms with Crippen LogP contribution in [0.3, 0.4) is 0 Å². The van der Waals surface area contributed by atoms with Crippen LogP contribution in [0.2, 0.25) is 0 Å². The summed E-state index contributed by atoms with van der Waals surface area (Å²) in [7, 11) is -3.49. The minimum atomic E-state index is -3.49. The van der Waals surface area contributed by atoms with E-state index in [4.69, 9.17) is 0 Å². The third-order valence-corrected chi connectivity index (χ3v) is 5.51. The second-order valence-electron chi connectivity index (χ2n) is 5.42. The average Bonchev–Trinajstić information content (AvgIpc) is 2.19. The molecule has 0 aromatic heterocycles. The number of benzene rings is 1. The van der Waals surface area contributed by atoms with Crippen LogP contribution in [-0.4, -0.2) is 15.0 Å². The molecule has 1 aromatic carbocycles. The van der Waals surface area contributed by atoms with E-state index in [1.165, 1.54) is 0 Å². The number of hydrogen-bond donors (Lipinski definition) is 1. The van der Waals surface area contributed by atoms with Crippen LogP contribution < -0.4 is 4.72 Å². The van der Waals surface area contributed by atoms with Crippen LogP contribution in [0, 0.1) is 12.3 Å². The van der Waals surface area contributed by atoms with Crippen molar-refractivity contribution in [2.24, 2.45) is 5.41 Å². The first-order valence-corrected chi connectivity index (χ1v) is 8.55. The van der Waals surface area contributed by atoms with Crippen molar-refractivity contribution in [2.75, 3.05) is 6.54 Å². The van der Waals surface area contributed by atoms with Gasteiger partial charge in [0.25, 0.3) is 0 Å². The van der Waals surface area contributed by atoms with Gasteiger partial charge >= 0.3 is 0 Å². The molecule has 0 atom stereocenters. The van der Waals surface area contributed by atoms with E-state index < -0.39 is 10.0 Å². The SMILES string of the molecule is Cc1cc(Br)c(S(=O)(=O)NCC(C)(C)C)cc1Br. The van der Waals surface area contributed by atoms with Gasteiger partial charge in [0, 0.05) is 15.5 Å². The van der Waals surface area contributed by atoms with Gasteiger partial charge in [-0.05, 0) is 46.0 Å². The highest BCUT2D eigenvalue weighted by molar-refractivity contribution is 9.11. The van der Waals surface area contributed by atoms with E-state index in [1.807, 2.05) is 27.7 Å². The second-order valence-corrected chi connectivity index (χ2v) is 8.86. The molecular weight excluding hydrogens is 382 g/mol. The van der Waals surface area contributed by atoms with Gasteiger partial charge in [0.2, 0.25) is 10.0 Å². The number of hydrogen-bond acceptors (Lipinski definition) is 2. The summed E-state index contributed by atoms with van der Waals surface area (Å²) in [5.41, 5.74) is 0.887. The zero-order valence-electron chi connectivity index (χ0n) is 10.8. The summed E-state index contributed by atoms with van der Waals surface area (Å²) in [5.74, 6) is 0. The van der Waals surface area contributed by atoms with Crippen molar-refractivity contribution < 1.29 is 8.42 Å². The lowest BCUT2D eigenvalue weighted by atomic mass is 9.98. The maximum absolute atomic E-state index is 12.2. The maximum Gasteiger partial charge on any atom is 0.241 e. The second kappa shape index (κ2) is 5.61. The van der Waals surface area contributed by atoms with E-state index in [-0.39, 0.29) is 10.3 Å². The first-order chi connectivity index (χ1) is 8.03. The normalized spacial score (nSPS) is 12.8. The highest BCUT2D eigenvalue weighted by Gasteiger charge is 2.21. The van der Waals surface area contributed by atoms with E-state index in [9.17, 15) is 8.42 Å². The number of rotatable bonds is 3. The Bertz CT molecular complexity index is 548. The summed E-state index contributed by atoms with van der Waals surface area (Å²) >= 11 is 6.65. The molecular formula is C12H17Br2NO2S. The summed E-state index contributed by atoms with van der Waals surface area (Å²) in [4.78, 5) is 0.254. The minimum absolute atomic E-state index is 0.0958. The van der Waals surface area contributed by atoms with E-state index in [2.05, 4.69) is 36.6 Å². The Balaban J connectivity index is 3.10. The summed E-state index contributed by atoms with van der Waals surface area (Å²) in [5, 5.41) is 0. The molecule has 18 heavy (non-hydrogen) atoms. The van der Waals surface area contributed by atoms with Crippen LogP contribution in [0.4, 0.5) is 0 Å². The average molecular weight is 399 g/mol. The van der Waals surface area contributed by atoms with Crippen molar-refractivity contribution in [1.82, 2.24) is 4.72 Å². The fourth-order valence-corrected chi connectivity index (χ4v) is 4.18. The molecule has 1 rings (SSSR count). The highest BCUT2D eigenvalue weighted by atomic mass is 79.9. The molecule has 0 aliphatic heterocycles. The van der Waals surface area contributed by atoms with Gasteiger partial charge in [0.15, 0.2) is 0 Å². The summed E-state index contributed by atoms with van der Waals surface area (Å²) < 4.78 is 28.4. The maximum atomic E-state index is 12.2. The summed E-state index contributed by atoms with van der Waals surface area (Å²) in [6, 6.07) is 3.40. The molecule has 0 amide bonds. The molecule has 3 nitrogen and oxygen atoms in total. The van der Waals surface area contributed by atoms with Crippen LogP contribution in [0.15, 0.2) is 26.0 Å². The van der Waals surface area contributed by atoms with Crippen molar-refractivity contribution in [1.29, 1.82) is 0 Å². The Hall–Kier alpha value is 0.0900. The van der Waals surface area contributed by atoms with Gasteiger partial charge < -0.3 is 0 Å². The number of halogens is 2. The lowest BCUT2D eigenvalue weighted by Crippen LogP contribution is -2.32. The van der Waals surface area contributed by atoms with E-state index in [0.717, 1.165) is 10.0 Å². The molecule has 1 N–H and O–H groups in total. The third-order valence-electron chi connectivity index (χ3n) is 2.30. The molecule has 0 aliphatic carbocycles. The van der Waals surface area contributed by atoms with Gasteiger partial charge in [-0.1, -0.05) is 36.7 Å². The van der Waals surface area contributed by atoms with Gasteiger partial charge in [-0.2, -0.15) is 0 Å². The predicted octanol–water partition coefficient (Wildman–Crippen LogP) is 3.84. The third kappa shape index (κ3) is 4.33. The first kappa shape index (κ1) is 16.1. The van der Waals surface area contributed by atoms with E-state index in [1.54, 1.807) is 12.1 Å². The van der Waals surface area contributed by atoms with Crippen LogP contribution in [0.5, 0.6) is 0 Å². The van der Waals surface area contributed by atoms with Crippen molar-refractivity contribution in [3.05, 3.63) is 26.6 Å². The first-order valence-electron chi connectivity index (χ1n) is 5.48. The van der Waals surface area contributed by atoms with Gasteiger partial charge in [-0.25, -0.2) is 13.1 Å². The Morgan fingerprint density at radius 3 is 2.22 bits per heavy atom. The van der Waals surface area contributed by atoms with Crippen molar-refractivity contribution >= 4 is 41.9 Å². The topological polar surface area (TPSA) is 46.2 Å². The highest BCUT2D eigenvalue weighted by Crippen LogP contribution is 2.29. The molecule has 0 fully saturated rings. The largest absolute Gasteiger partial charge is 0.241 e. The van der Waals surface area contributed by atoms with Crippen molar-refractivity contribution in [3.63, 3.8) is 0 Å². The molecule has 0 heterocycles. The van der Waals surface area contributed by atoms with Gasteiger partial charge in [0.1, 0.15) is 0 Å². The monoisotopic (exact) mass is 397 g/mol. The molecule has 0 radical (unpaired) electrons. The molecule has 102 valence electrons. The lowest BCUT2D eigenvalue weighted by molar-refractivity contribution is 0.407. The lowest BCUT2D eigenvalue weighted by Gasteiger charge is -2.19. The molecule has 6 heteroatoms. The summed E-state index contributed by atoms with van der Waals surface area (Å²) in [6.07, 6.45) is 0. The quantitative estimate of drug-likeness (QED) is 0.840. The molecule has 0 spiro atoms. The summed E-state index contributed by atoms with van der Waals surface area (Å²) in [6.45, 7) is 8.25. The van der Waals surface area contributed by atoms with Crippen molar-refractivity contribution in [3.8, 4) is 0 Å². The Morgan fingerprint density at radius 2 is 1.72 bits per heavy atom. The van der Waals surface area contributed by atoms with Gasteiger partial charge in [0.05, 0.1) is 4.90 Å². The van der Waals surface area contributed by atoms with Crippen LogP contribution in [0.25, 0.3) is 0 Å². The van der Waals surface area contributed by atoms with Gasteiger partial charge in [-0.15, -0.1) is 0 Å². The fourth-order valence-electron chi connectivity index (χ4n) is 1.22. The Morgan fingerprint density at radius 1 is 1.17 bits per heavy atom. The molecule has 0 unspecified atom stereocenters. The number of aryl methyl sites for hydroxylation is 1. The smallest absolute Gasteiger partial charge is 0.211 e. The molecule has 0 saturated heterocycles. The van der Waals surface area contributed by atoms with Crippen LogP contribution in [-0.2, 0) is 10.0 Å². The standard InChI is InChI=1S/C12H17Br2NO2S/c1-8-5-10(14)11(6-9(8)13)18(16,17)15-7-12(2,3)4/h5-6,15H,7H2,1-4H3. The number of nitrogens with one attached hydrogen (secondary N) is 1. The minimum Gasteiger partial charge on any atom is -0.211 e. The zero-order valence-corrected chi connectivity index (χ0v) is 14.8. The Labute approximate surface area is 126 Å². The predicted molar refractivity (Wildman–Crippen MR) is 81.2 cm³/mol. The molecule has 0 aliphatic rings. The van der Waals surface area contributed by atoms with Crippen LogP contribution >= 0.6 is 31.9 Å². The van der Waals surface area contributed by atoms with E-state index >= 15 is 0 Å². The fraction of sp³-hybridized carbons (Fsp3) is 0.500. The van der Waals surface area contributed by atoms with Crippen molar-refractivity contribution in [2.45, 2.75) is 32.6 Å². The molecule has 0 saturated carbocycles. The number of sulfonamides is 1. The van der Waals surface area contributed by atoms with Crippen LogP contribution in [0.1, 0.15) is 26.3 Å². The van der Waals surface area contributed by atoms with E-state index in [0.29, 0.717) is 11.0 Å². The van der Waals surface area contributed by atoms with Gasteiger partial charge in [-0.3, -0.25) is 0 Å². The molecule has 1 aromatic rings.